The molecule has 214 valence electrons. The fraction of sp³-hybridized carbons (Fsp3) is 0.581. The van der Waals surface area contributed by atoms with Crippen LogP contribution in [-0.4, -0.2) is 46.7 Å². The number of hydrogen-bond donors (Lipinski definition) is 1. The molecule has 2 aliphatic carbocycles. The first-order valence-electron chi connectivity index (χ1n) is 14.3. The first-order chi connectivity index (χ1) is 19.2. The van der Waals surface area contributed by atoms with Gasteiger partial charge in [0.25, 0.3) is 0 Å². The van der Waals surface area contributed by atoms with Crippen molar-refractivity contribution in [2.45, 2.75) is 89.9 Å². The number of carbonyl (C=O) groups excluding carboxylic acids is 4. The number of rotatable bonds is 12. The highest BCUT2D eigenvalue weighted by Gasteiger charge is 2.75. The van der Waals surface area contributed by atoms with E-state index in [1.165, 1.54) is 0 Å². The molecule has 3 heterocycles. The second-order valence-electron chi connectivity index (χ2n) is 11.5. The largest absolute Gasteiger partial charge is 0.481 e. The highest BCUT2D eigenvalue weighted by Crippen LogP contribution is 2.67. The molecular weight excluding hydrogens is 516 g/mol. The van der Waals surface area contributed by atoms with E-state index in [4.69, 9.17) is 14.2 Å². The van der Waals surface area contributed by atoms with Gasteiger partial charge in [0.1, 0.15) is 11.5 Å². The molecule has 2 saturated heterocycles. The molecule has 5 aliphatic rings. The smallest absolute Gasteiger partial charge is 0.343 e. The number of carboxylic acids is 1. The Morgan fingerprint density at radius 3 is 2.52 bits per heavy atom. The van der Waals surface area contributed by atoms with Crippen LogP contribution in [-0.2, 0) is 38.2 Å². The lowest BCUT2D eigenvalue weighted by molar-refractivity contribution is -0.268. The van der Waals surface area contributed by atoms with Gasteiger partial charge in [0.2, 0.25) is 5.79 Å². The molecule has 0 radical (unpaired) electrons. The summed E-state index contributed by atoms with van der Waals surface area (Å²) < 4.78 is 17.4. The molecule has 0 amide bonds. The van der Waals surface area contributed by atoms with Gasteiger partial charge in [-0.2, -0.15) is 0 Å². The zero-order valence-corrected chi connectivity index (χ0v) is 23.0. The molecule has 9 heteroatoms. The Balaban J connectivity index is 1.60. The molecule has 40 heavy (non-hydrogen) atoms. The topological polar surface area (TPSA) is 133 Å². The van der Waals surface area contributed by atoms with Crippen molar-refractivity contribution in [3.63, 3.8) is 0 Å². The minimum absolute atomic E-state index is 0.0270. The Morgan fingerprint density at radius 1 is 1.05 bits per heavy atom. The van der Waals surface area contributed by atoms with Gasteiger partial charge in [-0.1, -0.05) is 43.2 Å². The molecule has 1 unspecified atom stereocenters. The summed E-state index contributed by atoms with van der Waals surface area (Å²) in [6, 6.07) is 0. The van der Waals surface area contributed by atoms with Crippen molar-refractivity contribution in [3.8, 4) is 0 Å². The maximum Gasteiger partial charge on any atom is 0.343 e. The van der Waals surface area contributed by atoms with Crippen LogP contribution < -0.4 is 0 Å². The Bertz CT molecular complexity index is 1250. The number of aliphatic carboxylic acids is 1. The third kappa shape index (κ3) is 4.48. The minimum Gasteiger partial charge on any atom is -0.481 e. The normalized spacial score (nSPS) is 34.1. The fourth-order valence-corrected chi connectivity index (χ4v) is 7.40. The van der Waals surface area contributed by atoms with Gasteiger partial charge < -0.3 is 19.3 Å². The van der Waals surface area contributed by atoms with Crippen LogP contribution in [0.5, 0.6) is 0 Å². The lowest BCUT2D eigenvalue weighted by atomic mass is 9.59. The summed E-state index contributed by atoms with van der Waals surface area (Å²) in [5, 5.41) is 9.90. The van der Waals surface area contributed by atoms with E-state index in [0.717, 1.165) is 32.1 Å². The third-order valence-corrected chi connectivity index (χ3v) is 9.11. The van der Waals surface area contributed by atoms with Crippen molar-refractivity contribution in [2.24, 2.45) is 23.2 Å². The summed E-state index contributed by atoms with van der Waals surface area (Å²) in [5.41, 5.74) is -1.25. The molecule has 9 nitrogen and oxygen atoms in total. The van der Waals surface area contributed by atoms with Crippen molar-refractivity contribution < 1.29 is 43.3 Å². The van der Waals surface area contributed by atoms with E-state index in [0.29, 0.717) is 18.4 Å². The summed E-state index contributed by atoms with van der Waals surface area (Å²) in [6.07, 6.45) is 13.6. The Morgan fingerprint density at radius 2 is 1.80 bits per heavy atom. The number of ether oxygens (including phenoxy) is 3. The van der Waals surface area contributed by atoms with Gasteiger partial charge in [0.05, 0.1) is 23.5 Å². The number of unbranched alkanes of at least 4 members (excludes halogenated alkanes) is 3. The maximum atomic E-state index is 13.7. The average molecular weight is 553 g/mol. The van der Waals surface area contributed by atoms with Gasteiger partial charge in [0.15, 0.2) is 5.78 Å². The predicted octanol–water partition coefficient (Wildman–Crippen LogP) is 4.51. The molecule has 2 fully saturated rings. The van der Waals surface area contributed by atoms with Crippen molar-refractivity contribution >= 4 is 29.7 Å². The van der Waals surface area contributed by atoms with E-state index >= 15 is 0 Å². The average Bonchev–Trinajstić information content (AvgIpc) is 3.25. The molecule has 0 aromatic heterocycles. The molecule has 0 aromatic carbocycles. The summed E-state index contributed by atoms with van der Waals surface area (Å²) >= 11 is 0. The first-order valence-corrected chi connectivity index (χ1v) is 14.3. The Labute approximate surface area is 233 Å². The highest BCUT2D eigenvalue weighted by atomic mass is 16.7. The van der Waals surface area contributed by atoms with Gasteiger partial charge in [-0.25, -0.2) is 9.59 Å². The molecule has 6 atom stereocenters. The second-order valence-corrected chi connectivity index (χ2v) is 11.5. The number of allylic oxidation sites excluding steroid dienone is 5. The quantitative estimate of drug-likeness (QED) is 0.161. The van der Waals surface area contributed by atoms with Crippen LogP contribution in [0.1, 0.15) is 78.1 Å². The van der Waals surface area contributed by atoms with Gasteiger partial charge in [0, 0.05) is 18.4 Å². The number of cyclic esters (lactones) is 2. The van der Waals surface area contributed by atoms with Crippen molar-refractivity contribution in [2.75, 3.05) is 0 Å². The number of carboxylic acid groups (broad SMARTS) is 1. The molecular formula is C31H36O9. The fourth-order valence-electron chi connectivity index (χ4n) is 7.40. The first kappa shape index (κ1) is 28.2. The summed E-state index contributed by atoms with van der Waals surface area (Å²) in [7, 11) is 0. The molecule has 1 spiro atoms. The van der Waals surface area contributed by atoms with E-state index in [2.05, 4.69) is 6.08 Å². The van der Waals surface area contributed by atoms with Crippen LogP contribution in [0.3, 0.4) is 0 Å². The Kier molecular flexibility index (Phi) is 7.70. The van der Waals surface area contributed by atoms with Gasteiger partial charge in [-0.3, -0.25) is 14.4 Å². The predicted molar refractivity (Wildman–Crippen MR) is 141 cm³/mol. The Hall–Kier alpha value is -3.33. The number of carbonyl (C=O) groups is 5. The zero-order valence-electron chi connectivity index (χ0n) is 23.0. The van der Waals surface area contributed by atoms with Crippen LogP contribution in [0.4, 0.5) is 0 Å². The lowest BCUT2D eigenvalue weighted by Crippen LogP contribution is -2.59. The number of hydrogen-bond acceptors (Lipinski definition) is 8. The monoisotopic (exact) mass is 552 g/mol. The van der Waals surface area contributed by atoms with Gasteiger partial charge in [-0.05, 0) is 57.8 Å². The van der Waals surface area contributed by atoms with Crippen LogP contribution in [0, 0.1) is 23.2 Å². The van der Waals surface area contributed by atoms with Gasteiger partial charge in [-0.15, -0.1) is 0 Å². The standard InChI is InChI=1S/C31H36O9/c1-3-5-7-8-9-11-12-18-14-23-30(17-24(33)34)16-20-25(28(36)38-27(20)35)26-19(18)15-22(21(32)13-10-6-4-2)39-31(23,26)40-29(30)37/h3-6,14,18-19,22,26H,7-13,15-17H2,1-2H3,(H,33,34)/b5-3+,6-4+/t18-,19+,22-,26+,30-,31?/m1/s1. The van der Waals surface area contributed by atoms with E-state index in [-0.39, 0.29) is 41.6 Å². The summed E-state index contributed by atoms with van der Waals surface area (Å²) in [4.78, 5) is 65.1. The molecule has 0 saturated carbocycles. The van der Waals surface area contributed by atoms with Crippen LogP contribution in [0.25, 0.3) is 0 Å². The van der Waals surface area contributed by atoms with Crippen molar-refractivity contribution in [1.82, 2.24) is 0 Å². The molecule has 1 N–H and O–H groups in total. The van der Waals surface area contributed by atoms with Crippen LogP contribution in [0.15, 0.2) is 47.1 Å². The second kappa shape index (κ2) is 10.9. The van der Waals surface area contributed by atoms with Crippen LogP contribution in [0.2, 0.25) is 0 Å². The lowest BCUT2D eigenvalue weighted by Gasteiger charge is -2.52. The van der Waals surface area contributed by atoms with Crippen molar-refractivity contribution in [3.05, 3.63) is 47.1 Å². The van der Waals surface area contributed by atoms with E-state index in [1.807, 2.05) is 38.2 Å². The number of ketones is 1. The third-order valence-electron chi connectivity index (χ3n) is 9.11. The van der Waals surface area contributed by atoms with E-state index in [9.17, 15) is 29.1 Å². The zero-order chi connectivity index (χ0) is 28.7. The number of Topliss-reactive ketones (excluding diaryl/α,β-unsaturated/α-hetero) is 1. The highest BCUT2D eigenvalue weighted by molar-refractivity contribution is 6.14. The van der Waals surface area contributed by atoms with E-state index < -0.39 is 53.5 Å². The van der Waals surface area contributed by atoms with Gasteiger partial charge >= 0.3 is 23.9 Å². The minimum atomic E-state index is -1.82. The SMILES string of the molecule is C/C=C/CCCCC[C@@H]1C=C2C34OC(=O)[C@@]2(CC(=O)O)CC2=C(C(=O)OC2=O)[C@@H]3[C@H]1C[C@H](C(=O)CC/C=C/C)O4. The van der Waals surface area contributed by atoms with Crippen molar-refractivity contribution in [1.29, 1.82) is 0 Å². The summed E-state index contributed by atoms with van der Waals surface area (Å²) in [6.45, 7) is 3.86. The van der Waals surface area contributed by atoms with E-state index in [1.54, 1.807) is 0 Å². The molecule has 5 bridgehead atoms. The van der Waals surface area contributed by atoms with Crippen LogP contribution >= 0.6 is 0 Å². The molecule has 0 aromatic rings. The summed E-state index contributed by atoms with van der Waals surface area (Å²) in [5.74, 6) is -7.03. The molecule has 5 rings (SSSR count). The number of esters is 3. The maximum absolute atomic E-state index is 13.7. The molecule has 3 aliphatic heterocycles.